The minimum atomic E-state index is -0.162. The minimum absolute atomic E-state index is 0.162. The molecule has 0 atom stereocenters. The number of carbonyl (C=O) groups excluding carboxylic acids is 1. The van der Waals surface area contributed by atoms with Crippen LogP contribution in [0.5, 0.6) is 5.75 Å². The van der Waals surface area contributed by atoms with Gasteiger partial charge in [-0.15, -0.1) is 0 Å². The van der Waals surface area contributed by atoms with Gasteiger partial charge in [0.25, 0.3) is 0 Å². The lowest BCUT2D eigenvalue weighted by Crippen LogP contribution is -2.37. The average Bonchev–Trinajstić information content (AvgIpc) is 2.57. The Hall–Kier alpha value is -2.24. The van der Waals surface area contributed by atoms with Gasteiger partial charge in [-0.1, -0.05) is 18.2 Å². The second-order valence-corrected chi connectivity index (χ2v) is 4.84. The van der Waals surface area contributed by atoms with Crippen molar-refractivity contribution in [3.05, 3.63) is 29.8 Å². The van der Waals surface area contributed by atoms with Crippen molar-refractivity contribution >= 4 is 11.9 Å². The molecular weight excluding hydrogens is 294 g/mol. The number of rotatable bonds is 9. The Morgan fingerprint density at radius 3 is 2.70 bits per heavy atom. The van der Waals surface area contributed by atoms with Crippen LogP contribution in [0.15, 0.2) is 29.3 Å². The third kappa shape index (κ3) is 7.54. The number of nitrogens with one attached hydrogen (secondary N) is 2. The molecule has 1 aromatic rings. The van der Waals surface area contributed by atoms with Gasteiger partial charge in [0.1, 0.15) is 5.75 Å². The van der Waals surface area contributed by atoms with E-state index in [1.165, 1.54) is 0 Å². The molecule has 0 aliphatic heterocycles. The van der Waals surface area contributed by atoms with Crippen molar-refractivity contribution in [3.63, 3.8) is 0 Å². The van der Waals surface area contributed by atoms with Gasteiger partial charge in [-0.05, 0) is 26.3 Å². The molecule has 0 bridgehead atoms. The Balaban J connectivity index is 2.48. The number of esters is 1. The van der Waals surface area contributed by atoms with Gasteiger partial charge in [0.05, 0.1) is 20.3 Å². The molecule has 0 spiro atoms. The van der Waals surface area contributed by atoms with Gasteiger partial charge in [0.2, 0.25) is 0 Å². The second-order valence-electron chi connectivity index (χ2n) is 4.84. The van der Waals surface area contributed by atoms with Crippen molar-refractivity contribution in [3.8, 4) is 5.75 Å². The Labute approximate surface area is 138 Å². The monoisotopic (exact) mass is 321 g/mol. The van der Waals surface area contributed by atoms with Gasteiger partial charge < -0.3 is 20.1 Å². The summed E-state index contributed by atoms with van der Waals surface area (Å²) >= 11 is 0. The smallest absolute Gasteiger partial charge is 0.305 e. The van der Waals surface area contributed by atoms with Gasteiger partial charge in [-0.3, -0.25) is 4.79 Å². The average molecular weight is 321 g/mol. The van der Waals surface area contributed by atoms with Gasteiger partial charge in [-0.2, -0.15) is 0 Å². The number of hydrogen-bond donors (Lipinski definition) is 2. The van der Waals surface area contributed by atoms with E-state index in [-0.39, 0.29) is 5.97 Å². The predicted octanol–water partition coefficient (Wildman–Crippen LogP) is 2.09. The second kappa shape index (κ2) is 11.3. The van der Waals surface area contributed by atoms with Crippen LogP contribution in [-0.4, -0.2) is 38.7 Å². The van der Waals surface area contributed by atoms with Gasteiger partial charge in [0, 0.05) is 25.1 Å². The summed E-state index contributed by atoms with van der Waals surface area (Å²) in [5, 5.41) is 6.40. The highest BCUT2D eigenvalue weighted by molar-refractivity contribution is 5.79. The molecule has 6 heteroatoms. The largest absolute Gasteiger partial charge is 0.496 e. The SMILES string of the molecule is CCNC(=NCc1ccccc1OC)NCCCC(=O)OCC. The Morgan fingerprint density at radius 2 is 2.00 bits per heavy atom. The molecule has 6 nitrogen and oxygen atoms in total. The molecule has 0 aliphatic rings. The molecule has 2 N–H and O–H groups in total. The molecule has 1 rings (SSSR count). The molecule has 23 heavy (non-hydrogen) atoms. The van der Waals surface area contributed by atoms with E-state index in [1.54, 1.807) is 7.11 Å². The molecule has 0 saturated carbocycles. The Morgan fingerprint density at radius 1 is 1.22 bits per heavy atom. The number of benzene rings is 1. The van der Waals surface area contributed by atoms with E-state index in [1.807, 2.05) is 38.1 Å². The molecule has 0 unspecified atom stereocenters. The van der Waals surface area contributed by atoms with Crippen LogP contribution >= 0.6 is 0 Å². The van der Waals surface area contributed by atoms with Crippen molar-refractivity contribution < 1.29 is 14.3 Å². The van der Waals surface area contributed by atoms with Gasteiger partial charge >= 0.3 is 5.97 Å². The molecule has 1 aromatic carbocycles. The predicted molar refractivity (Wildman–Crippen MR) is 91.7 cm³/mol. The maximum Gasteiger partial charge on any atom is 0.305 e. The van der Waals surface area contributed by atoms with E-state index in [0.717, 1.165) is 23.8 Å². The highest BCUT2D eigenvalue weighted by Gasteiger charge is 2.04. The van der Waals surface area contributed by atoms with Crippen LogP contribution < -0.4 is 15.4 Å². The van der Waals surface area contributed by atoms with Crippen LogP contribution in [0.25, 0.3) is 0 Å². The zero-order chi connectivity index (χ0) is 16.9. The first kappa shape index (κ1) is 18.8. The quantitative estimate of drug-likeness (QED) is 0.315. The number of nitrogens with zero attached hydrogens (tertiary/aromatic N) is 1. The lowest BCUT2D eigenvalue weighted by molar-refractivity contribution is -0.143. The van der Waals surface area contributed by atoms with Crippen molar-refractivity contribution in [2.45, 2.75) is 33.2 Å². The van der Waals surface area contributed by atoms with Crippen LogP contribution in [0.4, 0.5) is 0 Å². The highest BCUT2D eigenvalue weighted by Crippen LogP contribution is 2.17. The fourth-order valence-electron chi connectivity index (χ4n) is 2.01. The van der Waals surface area contributed by atoms with E-state index >= 15 is 0 Å². The van der Waals surface area contributed by atoms with Crippen LogP contribution in [0.1, 0.15) is 32.3 Å². The maximum absolute atomic E-state index is 11.3. The first-order chi connectivity index (χ1) is 11.2. The summed E-state index contributed by atoms with van der Waals surface area (Å²) in [6.07, 6.45) is 1.12. The zero-order valence-corrected chi connectivity index (χ0v) is 14.2. The molecule has 0 saturated heterocycles. The van der Waals surface area contributed by atoms with Crippen molar-refractivity contribution in [2.75, 3.05) is 26.8 Å². The van der Waals surface area contributed by atoms with Crippen molar-refractivity contribution in [1.29, 1.82) is 0 Å². The number of ether oxygens (including phenoxy) is 2. The first-order valence-electron chi connectivity index (χ1n) is 8.00. The fourth-order valence-corrected chi connectivity index (χ4v) is 2.01. The van der Waals surface area contributed by atoms with Crippen molar-refractivity contribution in [1.82, 2.24) is 10.6 Å². The lowest BCUT2D eigenvalue weighted by atomic mass is 10.2. The summed E-state index contributed by atoms with van der Waals surface area (Å²) in [7, 11) is 1.65. The number of methoxy groups -OCH3 is 1. The summed E-state index contributed by atoms with van der Waals surface area (Å²) < 4.78 is 10.2. The minimum Gasteiger partial charge on any atom is -0.496 e. The molecular formula is C17H27N3O3. The molecule has 128 valence electrons. The van der Waals surface area contributed by atoms with Crippen LogP contribution in [0, 0.1) is 0 Å². The van der Waals surface area contributed by atoms with Gasteiger partial charge in [0.15, 0.2) is 5.96 Å². The van der Waals surface area contributed by atoms with Crippen LogP contribution in [0.2, 0.25) is 0 Å². The Bertz CT molecular complexity index is 504. The molecule has 0 amide bonds. The first-order valence-corrected chi connectivity index (χ1v) is 8.00. The number of aliphatic imine (C=N–C) groups is 1. The van der Waals surface area contributed by atoms with Crippen molar-refractivity contribution in [2.24, 2.45) is 4.99 Å². The van der Waals surface area contributed by atoms with E-state index in [0.29, 0.717) is 32.5 Å². The number of hydrogen-bond acceptors (Lipinski definition) is 4. The van der Waals surface area contributed by atoms with Crippen LogP contribution in [0.3, 0.4) is 0 Å². The Kier molecular flexibility index (Phi) is 9.28. The van der Waals surface area contributed by atoms with E-state index in [9.17, 15) is 4.79 Å². The summed E-state index contributed by atoms with van der Waals surface area (Å²) in [5.41, 5.74) is 1.03. The number of para-hydroxylation sites is 1. The summed E-state index contributed by atoms with van der Waals surface area (Å²) in [4.78, 5) is 15.8. The third-order valence-electron chi connectivity index (χ3n) is 3.10. The number of carbonyl (C=O) groups is 1. The topological polar surface area (TPSA) is 72.0 Å². The summed E-state index contributed by atoms with van der Waals surface area (Å²) in [6.45, 7) is 6.21. The summed E-state index contributed by atoms with van der Waals surface area (Å²) in [5.74, 6) is 1.39. The zero-order valence-electron chi connectivity index (χ0n) is 14.2. The molecule has 0 fully saturated rings. The highest BCUT2D eigenvalue weighted by atomic mass is 16.5. The van der Waals surface area contributed by atoms with E-state index in [4.69, 9.17) is 9.47 Å². The normalized spacial score (nSPS) is 11.0. The maximum atomic E-state index is 11.3. The molecule has 0 radical (unpaired) electrons. The van der Waals surface area contributed by atoms with E-state index < -0.39 is 0 Å². The standard InChI is InChI=1S/C17H27N3O3/c1-4-18-17(19-12-8-11-16(21)23-5-2)20-13-14-9-6-7-10-15(14)22-3/h6-7,9-10H,4-5,8,11-13H2,1-3H3,(H2,18,19,20). The fraction of sp³-hybridized carbons (Fsp3) is 0.529. The van der Waals surface area contributed by atoms with Crippen LogP contribution in [-0.2, 0) is 16.1 Å². The molecule has 0 aromatic heterocycles. The van der Waals surface area contributed by atoms with Gasteiger partial charge in [-0.25, -0.2) is 4.99 Å². The number of guanidine groups is 1. The third-order valence-corrected chi connectivity index (χ3v) is 3.10. The lowest BCUT2D eigenvalue weighted by Gasteiger charge is -2.12. The molecule has 0 aliphatic carbocycles. The summed E-state index contributed by atoms with van der Waals surface area (Å²) in [6, 6.07) is 7.81. The molecule has 0 heterocycles. The van der Waals surface area contributed by atoms with E-state index in [2.05, 4.69) is 15.6 Å².